The summed E-state index contributed by atoms with van der Waals surface area (Å²) in [4.78, 5) is 4.05. The van der Waals surface area contributed by atoms with Crippen LogP contribution in [0.4, 0.5) is 18.9 Å². The normalized spacial score (nSPS) is 11.7. The molecule has 2 N–H and O–H groups in total. The van der Waals surface area contributed by atoms with Crippen LogP contribution in [-0.2, 0) is 4.74 Å². The van der Waals surface area contributed by atoms with E-state index in [2.05, 4.69) is 9.72 Å². The molecule has 7 heteroatoms. The molecule has 0 fully saturated rings. The average Bonchev–Trinajstić information content (AvgIpc) is 2.24. The van der Waals surface area contributed by atoms with Crippen LogP contribution >= 0.6 is 11.8 Å². The molecule has 0 aliphatic carbocycles. The number of anilines is 1. The van der Waals surface area contributed by atoms with Gasteiger partial charge in [0.25, 0.3) is 0 Å². The number of nitrogens with zero attached hydrogens (tertiary/aromatic N) is 1. The number of pyridine rings is 1. The summed E-state index contributed by atoms with van der Waals surface area (Å²) in [5, 5.41) is 0.698. The van der Waals surface area contributed by atoms with Crippen LogP contribution in [0.1, 0.15) is 6.42 Å². The molecule has 0 aromatic carbocycles. The number of halogens is 3. The highest BCUT2D eigenvalue weighted by Crippen LogP contribution is 2.22. The molecular weight excluding hydrogens is 253 g/mol. The second kappa shape index (κ2) is 6.70. The third-order valence-electron chi connectivity index (χ3n) is 1.74. The molecule has 0 saturated heterocycles. The maximum Gasteiger partial charge on any atom is 0.411 e. The van der Waals surface area contributed by atoms with Crippen molar-refractivity contribution >= 4 is 17.4 Å². The Morgan fingerprint density at radius 3 is 2.82 bits per heavy atom. The molecule has 0 bridgehead atoms. The average molecular weight is 266 g/mol. The number of alkyl halides is 3. The minimum Gasteiger partial charge on any atom is -0.397 e. The fourth-order valence-electron chi connectivity index (χ4n) is 1.04. The molecule has 0 unspecified atom stereocenters. The lowest BCUT2D eigenvalue weighted by atomic mass is 10.4. The largest absolute Gasteiger partial charge is 0.411 e. The smallest absolute Gasteiger partial charge is 0.397 e. The van der Waals surface area contributed by atoms with Gasteiger partial charge in [-0.25, -0.2) is 4.98 Å². The van der Waals surface area contributed by atoms with Gasteiger partial charge in [-0.2, -0.15) is 13.2 Å². The van der Waals surface area contributed by atoms with E-state index in [-0.39, 0.29) is 6.61 Å². The second-order valence-corrected chi connectivity index (χ2v) is 4.35. The van der Waals surface area contributed by atoms with Crippen LogP contribution in [0.25, 0.3) is 0 Å². The van der Waals surface area contributed by atoms with Crippen LogP contribution in [0.3, 0.4) is 0 Å². The molecule has 0 amide bonds. The number of hydrogen-bond donors (Lipinski definition) is 1. The Morgan fingerprint density at radius 2 is 2.18 bits per heavy atom. The molecule has 0 spiro atoms. The third kappa shape index (κ3) is 6.38. The third-order valence-corrected chi connectivity index (χ3v) is 2.85. The van der Waals surface area contributed by atoms with Gasteiger partial charge in [0, 0.05) is 18.6 Å². The SMILES string of the molecule is Nc1cccnc1SCCCOCC(F)(F)F. The van der Waals surface area contributed by atoms with Gasteiger partial charge in [-0.15, -0.1) is 11.8 Å². The van der Waals surface area contributed by atoms with Gasteiger partial charge in [-0.05, 0) is 18.6 Å². The first-order chi connectivity index (χ1) is 7.99. The predicted octanol–water partition coefficient (Wildman–Crippen LogP) is 2.72. The molecule has 1 aromatic heterocycles. The van der Waals surface area contributed by atoms with Crippen LogP contribution in [-0.4, -0.2) is 30.1 Å². The Morgan fingerprint density at radius 1 is 1.41 bits per heavy atom. The summed E-state index contributed by atoms with van der Waals surface area (Å²) >= 11 is 1.41. The molecule has 1 rings (SSSR count). The fraction of sp³-hybridized carbons (Fsp3) is 0.500. The van der Waals surface area contributed by atoms with E-state index in [1.165, 1.54) is 11.8 Å². The molecule has 1 heterocycles. The van der Waals surface area contributed by atoms with Crippen molar-refractivity contribution in [1.82, 2.24) is 4.98 Å². The molecule has 1 aromatic rings. The first-order valence-corrected chi connectivity index (χ1v) is 5.95. The lowest BCUT2D eigenvalue weighted by molar-refractivity contribution is -0.173. The summed E-state index contributed by atoms with van der Waals surface area (Å²) in [5.74, 6) is 0.624. The first-order valence-electron chi connectivity index (χ1n) is 4.97. The number of nitrogens with two attached hydrogens (primary N) is 1. The van der Waals surface area contributed by atoms with E-state index in [4.69, 9.17) is 5.73 Å². The summed E-state index contributed by atoms with van der Waals surface area (Å²) in [6.45, 7) is -1.11. The maximum atomic E-state index is 11.7. The zero-order chi connectivity index (χ0) is 12.7. The number of rotatable bonds is 6. The van der Waals surface area contributed by atoms with E-state index in [1.807, 2.05) is 0 Å². The molecule has 0 radical (unpaired) electrons. The van der Waals surface area contributed by atoms with Gasteiger partial charge in [0.2, 0.25) is 0 Å². The van der Waals surface area contributed by atoms with Gasteiger partial charge in [0.15, 0.2) is 0 Å². The van der Waals surface area contributed by atoms with E-state index in [0.717, 1.165) is 0 Å². The van der Waals surface area contributed by atoms with Crippen molar-refractivity contribution in [3.05, 3.63) is 18.3 Å². The van der Waals surface area contributed by atoms with Gasteiger partial charge in [0.1, 0.15) is 11.6 Å². The van der Waals surface area contributed by atoms with Gasteiger partial charge in [0.05, 0.1) is 5.69 Å². The summed E-state index contributed by atoms with van der Waals surface area (Å²) in [6, 6.07) is 3.46. The van der Waals surface area contributed by atoms with E-state index in [9.17, 15) is 13.2 Å². The molecule has 0 atom stereocenters. The van der Waals surface area contributed by atoms with E-state index < -0.39 is 12.8 Å². The van der Waals surface area contributed by atoms with Gasteiger partial charge in [-0.1, -0.05) is 0 Å². The van der Waals surface area contributed by atoms with E-state index in [0.29, 0.717) is 22.9 Å². The highest BCUT2D eigenvalue weighted by atomic mass is 32.2. The second-order valence-electron chi connectivity index (χ2n) is 3.27. The molecule has 0 saturated carbocycles. The van der Waals surface area contributed by atoms with Gasteiger partial charge < -0.3 is 10.5 Å². The van der Waals surface area contributed by atoms with Crippen LogP contribution < -0.4 is 5.73 Å². The highest BCUT2D eigenvalue weighted by molar-refractivity contribution is 7.99. The minimum absolute atomic E-state index is 0.0826. The lowest BCUT2D eigenvalue weighted by Gasteiger charge is -2.07. The summed E-state index contributed by atoms with van der Waals surface area (Å²) in [5.41, 5.74) is 6.23. The highest BCUT2D eigenvalue weighted by Gasteiger charge is 2.27. The molecular formula is C10H13F3N2OS. The molecule has 0 aliphatic heterocycles. The Kier molecular flexibility index (Phi) is 5.57. The van der Waals surface area contributed by atoms with Crippen molar-refractivity contribution in [3.8, 4) is 0 Å². The molecule has 3 nitrogen and oxygen atoms in total. The van der Waals surface area contributed by atoms with Gasteiger partial charge >= 0.3 is 6.18 Å². The monoisotopic (exact) mass is 266 g/mol. The number of thioether (sulfide) groups is 1. The maximum absolute atomic E-state index is 11.7. The van der Waals surface area contributed by atoms with Crippen LogP contribution in [0, 0.1) is 0 Å². The first kappa shape index (κ1) is 14.1. The summed E-state index contributed by atoms with van der Waals surface area (Å²) < 4.78 is 39.7. The quantitative estimate of drug-likeness (QED) is 0.635. The lowest BCUT2D eigenvalue weighted by Crippen LogP contribution is -2.17. The Bertz CT molecular complexity index is 347. The van der Waals surface area contributed by atoms with Crippen LogP contribution in [0.2, 0.25) is 0 Å². The zero-order valence-electron chi connectivity index (χ0n) is 9.04. The number of aromatic nitrogens is 1. The summed E-state index contributed by atoms with van der Waals surface area (Å²) in [6.07, 6.45) is -2.10. The summed E-state index contributed by atoms with van der Waals surface area (Å²) in [7, 11) is 0. The Hall–Kier alpha value is -0.950. The van der Waals surface area contributed by atoms with Crippen LogP contribution in [0.15, 0.2) is 23.4 Å². The predicted molar refractivity (Wildman–Crippen MR) is 60.9 cm³/mol. The van der Waals surface area contributed by atoms with Crippen molar-refractivity contribution < 1.29 is 17.9 Å². The van der Waals surface area contributed by atoms with Gasteiger partial charge in [-0.3, -0.25) is 0 Å². The van der Waals surface area contributed by atoms with E-state index in [1.54, 1.807) is 18.3 Å². The topological polar surface area (TPSA) is 48.1 Å². The number of ether oxygens (including phenoxy) is 1. The Balaban J connectivity index is 2.11. The fourth-order valence-corrected chi connectivity index (χ4v) is 1.87. The van der Waals surface area contributed by atoms with Crippen molar-refractivity contribution in [2.75, 3.05) is 24.7 Å². The van der Waals surface area contributed by atoms with Crippen LogP contribution in [0.5, 0.6) is 0 Å². The standard InChI is InChI=1S/C10H13F3N2OS/c11-10(12,13)7-16-5-2-6-17-9-8(14)3-1-4-15-9/h1,3-4H,2,5-7,14H2. The zero-order valence-corrected chi connectivity index (χ0v) is 9.85. The van der Waals surface area contributed by atoms with Crippen molar-refractivity contribution in [1.29, 1.82) is 0 Å². The van der Waals surface area contributed by atoms with Crippen molar-refractivity contribution in [2.24, 2.45) is 0 Å². The van der Waals surface area contributed by atoms with Crippen molar-refractivity contribution in [3.63, 3.8) is 0 Å². The molecule has 0 aliphatic rings. The number of nitrogen functional groups attached to an aromatic ring is 1. The Labute approximate surface area is 102 Å². The minimum atomic E-state index is -4.25. The number of hydrogen-bond acceptors (Lipinski definition) is 4. The molecule has 17 heavy (non-hydrogen) atoms. The van der Waals surface area contributed by atoms with E-state index >= 15 is 0 Å². The molecule has 96 valence electrons. The van der Waals surface area contributed by atoms with Crippen molar-refractivity contribution in [2.45, 2.75) is 17.6 Å².